The number of nitrogens with two attached hydrogens (primary N) is 1. The molecule has 0 unspecified atom stereocenters. The number of primary amides is 1. The molecule has 0 aliphatic rings. The van der Waals surface area contributed by atoms with Gasteiger partial charge in [-0.2, -0.15) is 0 Å². The van der Waals surface area contributed by atoms with Gasteiger partial charge in [-0.05, 0) is 30.3 Å². The molecule has 0 spiro atoms. The van der Waals surface area contributed by atoms with E-state index in [4.69, 9.17) is 15.9 Å². The van der Waals surface area contributed by atoms with Crippen LogP contribution >= 0.6 is 0 Å². The zero-order valence-corrected chi connectivity index (χ0v) is 11.2. The Morgan fingerprint density at radius 3 is 2.09 bits per heavy atom. The summed E-state index contributed by atoms with van der Waals surface area (Å²) in [5, 5.41) is 27.4. The van der Waals surface area contributed by atoms with Crippen LogP contribution in [0.5, 0.6) is 5.75 Å². The number of rotatable bonds is 3. The lowest BCUT2D eigenvalue weighted by Gasteiger charge is -1.93. The molecule has 0 saturated carbocycles. The molecule has 8 heteroatoms. The van der Waals surface area contributed by atoms with Crippen molar-refractivity contribution in [3.8, 4) is 5.75 Å². The molecule has 0 aliphatic carbocycles. The molecular weight excluding hydrogens is 292 g/mol. The van der Waals surface area contributed by atoms with E-state index < -0.39 is 16.8 Å². The first-order valence-electron chi connectivity index (χ1n) is 5.88. The average Bonchev–Trinajstić information content (AvgIpc) is 2.48. The Morgan fingerprint density at radius 1 is 1.05 bits per heavy atom. The van der Waals surface area contributed by atoms with E-state index in [9.17, 15) is 19.7 Å². The van der Waals surface area contributed by atoms with Gasteiger partial charge in [0.1, 0.15) is 5.75 Å². The van der Waals surface area contributed by atoms with E-state index >= 15 is 0 Å². The predicted octanol–water partition coefficient (Wildman–Crippen LogP) is 1.78. The molecule has 2 aromatic rings. The van der Waals surface area contributed by atoms with Gasteiger partial charge in [-0.1, -0.05) is 6.07 Å². The van der Waals surface area contributed by atoms with Gasteiger partial charge < -0.3 is 15.9 Å². The molecule has 1 amide bonds. The quantitative estimate of drug-likeness (QED) is 0.582. The van der Waals surface area contributed by atoms with Crippen LogP contribution in [0.4, 0.5) is 5.69 Å². The summed E-state index contributed by atoms with van der Waals surface area (Å²) < 4.78 is 0. The number of benzene rings is 2. The summed E-state index contributed by atoms with van der Waals surface area (Å²) in [7, 11) is 0. The van der Waals surface area contributed by atoms with Crippen molar-refractivity contribution >= 4 is 17.6 Å². The molecule has 0 aliphatic heterocycles. The van der Waals surface area contributed by atoms with Gasteiger partial charge in [0, 0.05) is 17.7 Å². The second-order valence-corrected chi connectivity index (χ2v) is 4.02. The number of nitro benzene ring substituents is 1. The third-order valence-corrected chi connectivity index (χ3v) is 2.46. The molecule has 8 nitrogen and oxygen atoms in total. The lowest BCUT2D eigenvalue weighted by Crippen LogP contribution is -2.10. The van der Waals surface area contributed by atoms with Gasteiger partial charge in [0.25, 0.3) is 5.69 Å². The Hall–Kier alpha value is -3.42. The summed E-state index contributed by atoms with van der Waals surface area (Å²) in [5.41, 5.74) is 5.05. The van der Waals surface area contributed by atoms with Crippen LogP contribution in [0.15, 0.2) is 48.5 Å². The summed E-state index contributed by atoms with van der Waals surface area (Å²) in [4.78, 5) is 30.4. The molecule has 2 rings (SSSR count). The fourth-order valence-electron chi connectivity index (χ4n) is 1.38. The Morgan fingerprint density at radius 2 is 1.64 bits per heavy atom. The van der Waals surface area contributed by atoms with Crippen molar-refractivity contribution in [2.24, 2.45) is 5.73 Å². The van der Waals surface area contributed by atoms with Gasteiger partial charge in [-0.15, -0.1) is 0 Å². The first-order chi connectivity index (χ1) is 10.3. The van der Waals surface area contributed by atoms with Crippen molar-refractivity contribution in [3.05, 3.63) is 69.8 Å². The summed E-state index contributed by atoms with van der Waals surface area (Å²) in [6, 6.07) is 10.7. The molecule has 0 heterocycles. The molecule has 0 radical (unpaired) electrons. The van der Waals surface area contributed by atoms with E-state index in [2.05, 4.69) is 0 Å². The van der Waals surface area contributed by atoms with E-state index in [0.717, 1.165) is 6.07 Å². The summed E-state index contributed by atoms with van der Waals surface area (Å²) >= 11 is 0. The molecule has 0 aromatic heterocycles. The number of phenols is 1. The fraction of sp³-hybridized carbons (Fsp3) is 0. The number of hydrogen-bond donors (Lipinski definition) is 3. The largest absolute Gasteiger partial charge is 0.508 e. The Labute approximate surface area is 124 Å². The lowest BCUT2D eigenvalue weighted by atomic mass is 10.2. The van der Waals surface area contributed by atoms with Crippen molar-refractivity contribution in [1.82, 2.24) is 0 Å². The Balaban J connectivity index is 0.000000224. The van der Waals surface area contributed by atoms with Crippen molar-refractivity contribution in [2.45, 2.75) is 0 Å². The Kier molecular flexibility index (Phi) is 5.58. The van der Waals surface area contributed by atoms with Crippen LogP contribution in [0.1, 0.15) is 20.7 Å². The van der Waals surface area contributed by atoms with Crippen LogP contribution < -0.4 is 5.73 Å². The second kappa shape index (κ2) is 7.39. The van der Waals surface area contributed by atoms with Crippen molar-refractivity contribution < 1.29 is 24.7 Å². The van der Waals surface area contributed by atoms with Gasteiger partial charge in [0.2, 0.25) is 5.91 Å². The van der Waals surface area contributed by atoms with Crippen LogP contribution in [0, 0.1) is 10.1 Å². The number of non-ortho nitro benzene ring substituents is 1. The first kappa shape index (κ1) is 16.6. The van der Waals surface area contributed by atoms with E-state index in [1.165, 1.54) is 42.5 Å². The number of nitro groups is 1. The van der Waals surface area contributed by atoms with Gasteiger partial charge in [-0.3, -0.25) is 14.9 Å². The number of carbonyl (C=O) groups is 2. The van der Waals surface area contributed by atoms with Crippen molar-refractivity contribution in [2.75, 3.05) is 0 Å². The molecule has 4 N–H and O–H groups in total. The molecule has 0 atom stereocenters. The van der Waals surface area contributed by atoms with Gasteiger partial charge in [0.05, 0.1) is 10.5 Å². The summed E-state index contributed by atoms with van der Waals surface area (Å²) in [6.45, 7) is 0. The molecule has 0 fully saturated rings. The number of carboxylic acid groups (broad SMARTS) is 1. The minimum atomic E-state index is -1.17. The highest BCUT2D eigenvalue weighted by atomic mass is 16.6. The summed E-state index contributed by atoms with van der Waals surface area (Å²) in [6.07, 6.45) is 0. The van der Waals surface area contributed by atoms with Gasteiger partial charge >= 0.3 is 5.97 Å². The zero-order valence-electron chi connectivity index (χ0n) is 11.2. The maximum Gasteiger partial charge on any atom is 0.335 e. The number of carboxylic acids is 1. The highest BCUT2D eigenvalue weighted by molar-refractivity contribution is 5.92. The summed E-state index contributed by atoms with van der Waals surface area (Å²) in [5.74, 6) is -1.52. The highest BCUT2D eigenvalue weighted by Gasteiger charge is 2.09. The molecule has 2 aromatic carbocycles. The van der Waals surface area contributed by atoms with Crippen molar-refractivity contribution in [1.29, 1.82) is 0 Å². The van der Waals surface area contributed by atoms with Gasteiger partial charge in [0.15, 0.2) is 0 Å². The smallest absolute Gasteiger partial charge is 0.335 e. The maximum absolute atomic E-state index is 10.5. The number of phenolic OH excluding ortho intramolecular Hbond substituents is 1. The number of carbonyl (C=O) groups excluding carboxylic acids is 1. The molecular formula is C14H12N2O6. The molecule has 0 bridgehead atoms. The SMILES string of the molecule is NC(=O)c1ccc(O)cc1.O=C(O)c1cccc([N+](=O)[O-])c1. The maximum atomic E-state index is 10.5. The number of nitrogens with zero attached hydrogens (tertiary/aromatic N) is 1. The van der Waals surface area contributed by atoms with Crippen LogP contribution in [0.2, 0.25) is 0 Å². The van der Waals surface area contributed by atoms with Gasteiger partial charge in [-0.25, -0.2) is 4.79 Å². The predicted molar refractivity (Wildman–Crippen MR) is 76.7 cm³/mol. The monoisotopic (exact) mass is 304 g/mol. The molecule has 22 heavy (non-hydrogen) atoms. The topological polar surface area (TPSA) is 144 Å². The third kappa shape index (κ3) is 4.93. The zero-order chi connectivity index (χ0) is 16.7. The van der Waals surface area contributed by atoms with Crippen molar-refractivity contribution in [3.63, 3.8) is 0 Å². The normalized spacial score (nSPS) is 9.27. The number of aromatic carboxylic acids is 1. The fourth-order valence-corrected chi connectivity index (χ4v) is 1.38. The van der Waals surface area contributed by atoms with E-state index in [0.29, 0.717) is 5.56 Å². The average molecular weight is 304 g/mol. The van der Waals surface area contributed by atoms with Crippen LogP contribution in [0.25, 0.3) is 0 Å². The van der Waals surface area contributed by atoms with Crippen LogP contribution in [0.3, 0.4) is 0 Å². The standard InChI is InChI=1S/C7H5NO4.C7H7NO2/c9-7(10)5-2-1-3-6(4-5)8(11)12;8-7(10)5-1-3-6(9)4-2-5/h1-4H,(H,9,10);1-4,9H,(H2,8,10). The third-order valence-electron chi connectivity index (χ3n) is 2.46. The minimum Gasteiger partial charge on any atom is -0.508 e. The molecule has 0 saturated heterocycles. The lowest BCUT2D eigenvalue weighted by molar-refractivity contribution is -0.384. The highest BCUT2D eigenvalue weighted by Crippen LogP contribution is 2.12. The minimum absolute atomic E-state index is 0.0794. The van der Waals surface area contributed by atoms with E-state index in [1.54, 1.807) is 0 Å². The Bertz CT molecular complexity index is 667. The van der Waals surface area contributed by atoms with Crippen LogP contribution in [-0.4, -0.2) is 27.0 Å². The van der Waals surface area contributed by atoms with Crippen LogP contribution in [-0.2, 0) is 0 Å². The van der Waals surface area contributed by atoms with E-state index in [-0.39, 0.29) is 17.0 Å². The number of amides is 1. The number of aromatic hydroxyl groups is 1. The number of hydrogen-bond acceptors (Lipinski definition) is 5. The van der Waals surface area contributed by atoms with E-state index in [1.807, 2.05) is 0 Å². The first-order valence-corrected chi connectivity index (χ1v) is 5.88. The molecule has 114 valence electrons. The second-order valence-electron chi connectivity index (χ2n) is 4.02.